The fourth-order valence-electron chi connectivity index (χ4n) is 12.6. The second kappa shape index (κ2) is 27.1. The maximum atomic E-state index is 15.4. The van der Waals surface area contributed by atoms with Crippen LogP contribution in [0.3, 0.4) is 0 Å². The van der Waals surface area contributed by atoms with Crippen LogP contribution in [0.25, 0.3) is 46.4 Å². The van der Waals surface area contributed by atoms with Gasteiger partial charge < -0.3 is 9.97 Å². The van der Waals surface area contributed by atoms with Gasteiger partial charge in [0.1, 0.15) is 52.7 Å². The van der Waals surface area contributed by atoms with Crippen LogP contribution >= 0.6 is 12.4 Å². The van der Waals surface area contributed by atoms with Crippen molar-refractivity contribution in [2.45, 2.75) is 0 Å². The first-order valence-corrected chi connectivity index (χ1v) is 33.8. The third-order valence-electron chi connectivity index (χ3n) is 16.6. The van der Waals surface area contributed by atoms with E-state index in [-0.39, 0.29) is 12.4 Å². The molecule has 5 heterocycles. The molecule has 2 aliphatic rings. The molecule has 0 saturated heterocycles. The van der Waals surface area contributed by atoms with E-state index >= 15 is 35.1 Å². The van der Waals surface area contributed by atoms with E-state index in [4.69, 9.17) is 0 Å². The van der Waals surface area contributed by atoms with Crippen LogP contribution in [-0.4, -0.2) is 26.1 Å². The number of nitrogens with one attached hydrogen (secondary N) is 2. The Balaban J connectivity index is 0.000000166. The monoisotopic (exact) mass is 1400 g/mol. The third-order valence-corrected chi connectivity index (χ3v) is 30.8. The van der Waals surface area contributed by atoms with E-state index in [0.29, 0.717) is 0 Å². The summed E-state index contributed by atoms with van der Waals surface area (Å²) in [5.74, 6) is -71.4. The maximum absolute atomic E-state index is 15.4. The van der Waals surface area contributed by atoms with Crippen LogP contribution < -0.4 is 38.5 Å². The predicted octanol–water partition coefficient (Wildman–Crippen LogP) is 14.4. The van der Waals surface area contributed by atoms with Gasteiger partial charge in [-0.2, -0.15) is 0 Å². The van der Waals surface area contributed by atoms with E-state index in [1.54, 1.807) is 0 Å². The van der Waals surface area contributed by atoms with Crippen molar-refractivity contribution in [2.75, 3.05) is 0 Å². The summed E-state index contributed by atoms with van der Waals surface area (Å²) in [5, 5.41) is 0. The van der Waals surface area contributed by atoms with Crippen LogP contribution in [-0.2, 0) is 14.8 Å². The van der Waals surface area contributed by atoms with Gasteiger partial charge in [0.25, 0.3) is 0 Å². The van der Waals surface area contributed by atoms with Gasteiger partial charge in [-0.3, -0.25) is 0 Å². The minimum atomic E-state index is -7.22. The van der Waals surface area contributed by atoms with Gasteiger partial charge in [-0.1, -0.05) is 0 Å². The number of hydrogen-bond acceptors (Lipinski definition) is 2. The van der Waals surface area contributed by atoms with E-state index in [2.05, 4.69) is 166 Å². The molecule has 95 heavy (non-hydrogen) atoms. The molecule has 0 radical (unpaired) electrons. The summed E-state index contributed by atoms with van der Waals surface area (Å²) in [4.78, 5) is 16.0. The SMILES string of the molecule is C1=Cc2cc3ccc(cc4nc(cc5ccc(cc1n2)[nH]5)C=C4)[nH]3.Cl.Fc1c(F)c(F)c([B-](c2c(F)c(F)c(F)c(F)c2F)(c2c(F)c(F)c(F)c(F)c2F)c2c(F)c(F)c(F)c(F)c2F)c(F)c1F.c1cc[c]([Zn-2]([c]2ccccc2)([c]2ccccc2)[c]2ccccc2)cc1. The van der Waals surface area contributed by atoms with Crippen LogP contribution in [0.15, 0.2) is 170 Å². The van der Waals surface area contributed by atoms with Crippen LogP contribution in [0.2, 0.25) is 0 Å². The first kappa shape index (κ1) is 67.8. The Morgan fingerprint density at radius 2 is 0.400 bits per heavy atom. The standard InChI is InChI=1S/C24BF20.C20H14N4.4C6H5.ClH.Zn/c26-5-1(6(27)14(35)21(42)13(5)34)25(2-7(28)15(36)22(43)16(37)8(2)29,3-9(30)17(38)23(44)18(39)10(3)31)4-11(32)19(40)24(45)20(41)12(4)33;1-2-14-10-16-5-6-18(23-16)12-20-8-7-19(24-20)11-17-4-3-15(22-17)9-13(1)21-14;4*1-2-4-6-5-3-1;;/h;1-12,21,24H;4*1-5H;1H;/q-1;;;;;;;-2. The van der Waals surface area contributed by atoms with Crippen molar-refractivity contribution in [3.05, 3.63) is 309 Å². The molecule has 3 aromatic heterocycles. The number of benzene rings is 8. The quantitative estimate of drug-likeness (QED) is 0.0689. The molecule has 482 valence electrons. The van der Waals surface area contributed by atoms with E-state index in [1.165, 1.54) is 16.6 Å². The molecule has 2 aliphatic heterocycles. The molecule has 11 aromatic rings. The molecule has 0 unspecified atom stereocenters. The summed E-state index contributed by atoms with van der Waals surface area (Å²) >= 11 is -3.43. The molecule has 27 heteroatoms. The molecule has 0 amide bonds. The van der Waals surface area contributed by atoms with E-state index in [1.807, 2.05) is 48.6 Å². The van der Waals surface area contributed by atoms with Crippen molar-refractivity contribution in [1.29, 1.82) is 0 Å². The normalized spacial score (nSPS) is 11.8. The first-order valence-electron chi connectivity index (χ1n) is 27.8. The first-order chi connectivity index (χ1) is 44.9. The molecular formula is C68H35BClF20N4Zn-3. The molecule has 0 aliphatic carbocycles. The fourth-order valence-corrected chi connectivity index (χ4v) is 26.7. The summed E-state index contributed by atoms with van der Waals surface area (Å²) in [5.41, 5.74) is -6.47. The third kappa shape index (κ3) is 11.9. The zero-order valence-electron chi connectivity index (χ0n) is 47.6. The van der Waals surface area contributed by atoms with Crippen molar-refractivity contribution in [3.63, 3.8) is 0 Å². The Morgan fingerprint density at radius 1 is 0.232 bits per heavy atom. The molecule has 8 aromatic carbocycles. The Labute approximate surface area is 532 Å². The molecule has 4 nitrogen and oxygen atoms in total. The van der Waals surface area contributed by atoms with Gasteiger partial charge in [0, 0.05) is 22.1 Å². The minimum absolute atomic E-state index is 0. The molecule has 13 rings (SSSR count). The summed E-state index contributed by atoms with van der Waals surface area (Å²) in [6.07, 6.45) is 0.873. The number of fused-ring (bicyclic) bond motifs is 8. The number of aromatic amines is 2. The Kier molecular flexibility index (Phi) is 19.4. The number of halogens is 21. The zero-order valence-corrected chi connectivity index (χ0v) is 51.4. The van der Waals surface area contributed by atoms with Gasteiger partial charge in [0.05, 0.1) is 22.8 Å². The van der Waals surface area contributed by atoms with E-state index in [0.717, 1.165) is 44.8 Å². The summed E-state index contributed by atoms with van der Waals surface area (Å²) in [7, 11) is 0. The van der Waals surface area contributed by atoms with Gasteiger partial charge in [0.2, 0.25) is 0 Å². The summed E-state index contributed by atoms with van der Waals surface area (Å²) in [6, 6.07) is 60.9. The number of aromatic nitrogens is 4. The Hall–Kier alpha value is -10.1. The van der Waals surface area contributed by atoms with Crippen LogP contribution in [0, 0.1) is 116 Å². The van der Waals surface area contributed by atoms with E-state index < -0.39 is 159 Å². The molecule has 0 atom stereocenters. The van der Waals surface area contributed by atoms with Crippen molar-refractivity contribution >= 4 is 103 Å². The number of rotatable bonds is 8. The second-order valence-electron chi connectivity index (χ2n) is 21.7. The Morgan fingerprint density at radius 3 is 0.579 bits per heavy atom. The van der Waals surface area contributed by atoms with Gasteiger partial charge in [0.15, 0.2) is 69.8 Å². The molecule has 2 N–H and O–H groups in total. The predicted molar refractivity (Wildman–Crippen MR) is 320 cm³/mol. The average molecular weight is 1400 g/mol. The van der Waals surface area contributed by atoms with Gasteiger partial charge >= 0.3 is 153 Å². The van der Waals surface area contributed by atoms with Gasteiger partial charge in [-0.05, 0) is 72.8 Å². The summed E-state index contributed by atoms with van der Waals surface area (Å²) in [6.45, 7) is 0. The number of nitrogens with zero attached hydrogens (tertiary/aromatic N) is 2. The number of hydrogen-bond donors (Lipinski definition) is 2. The van der Waals surface area contributed by atoms with E-state index in [9.17, 15) is 52.7 Å². The number of H-pyrrole nitrogens is 2. The molecule has 0 spiro atoms. The molecular weight excluding hydrogens is 1360 g/mol. The Bertz CT molecular complexity index is 4320. The average Bonchev–Trinajstić information content (AvgIpc) is 0.877. The summed E-state index contributed by atoms with van der Waals surface area (Å²) < 4.78 is 300. The molecule has 0 saturated carbocycles. The topological polar surface area (TPSA) is 57.4 Å². The van der Waals surface area contributed by atoms with Gasteiger partial charge in [-0.15, -0.1) is 34.3 Å². The van der Waals surface area contributed by atoms with Crippen LogP contribution in [0.4, 0.5) is 87.8 Å². The fraction of sp³-hybridized carbons (Fsp3) is 0. The van der Waals surface area contributed by atoms with Crippen molar-refractivity contribution in [2.24, 2.45) is 0 Å². The van der Waals surface area contributed by atoms with Crippen molar-refractivity contribution < 1.29 is 103 Å². The van der Waals surface area contributed by atoms with Crippen LogP contribution in [0.1, 0.15) is 22.8 Å². The van der Waals surface area contributed by atoms with Crippen molar-refractivity contribution in [1.82, 2.24) is 19.9 Å². The van der Waals surface area contributed by atoms with Gasteiger partial charge in [-0.25, -0.2) is 97.8 Å². The zero-order chi connectivity index (χ0) is 67.2. The molecule has 0 fully saturated rings. The van der Waals surface area contributed by atoms with Crippen molar-refractivity contribution in [3.8, 4) is 0 Å². The molecule has 8 bridgehead atoms. The van der Waals surface area contributed by atoms with Crippen LogP contribution in [0.5, 0.6) is 0 Å². The second-order valence-corrected chi connectivity index (χ2v) is 33.0.